The molecule has 11 heteroatoms. The topological polar surface area (TPSA) is 96.3 Å². The quantitative estimate of drug-likeness (QED) is 0.190. The van der Waals surface area contributed by atoms with Gasteiger partial charge in [-0.25, -0.2) is 9.18 Å². The summed E-state index contributed by atoms with van der Waals surface area (Å²) in [6.07, 6.45) is 0.626. The molecule has 0 radical (unpaired) electrons. The van der Waals surface area contributed by atoms with E-state index in [-0.39, 0.29) is 45.4 Å². The van der Waals surface area contributed by atoms with Crippen LogP contribution in [0.3, 0.4) is 0 Å². The second-order valence-electron chi connectivity index (χ2n) is 11.0. The zero-order valence-electron chi connectivity index (χ0n) is 24.8. The minimum atomic E-state index is -0.840. The van der Waals surface area contributed by atoms with Crippen molar-refractivity contribution >= 4 is 50.3 Å². The molecule has 0 bridgehead atoms. The fourth-order valence-electron chi connectivity index (χ4n) is 4.81. The summed E-state index contributed by atoms with van der Waals surface area (Å²) in [7, 11) is 2.99. The average molecular weight is 666 g/mol. The number of carbonyl (C=O) groups excluding carboxylic acids is 3. The van der Waals surface area contributed by atoms with E-state index >= 15 is 4.39 Å². The van der Waals surface area contributed by atoms with Gasteiger partial charge in [0, 0.05) is 34.8 Å². The van der Waals surface area contributed by atoms with Crippen LogP contribution < -0.4 is 14.2 Å². The van der Waals surface area contributed by atoms with Gasteiger partial charge >= 0.3 is 6.09 Å². The molecule has 1 aliphatic heterocycles. The van der Waals surface area contributed by atoms with Crippen molar-refractivity contribution in [3.8, 4) is 17.2 Å². The number of methoxy groups -OCH3 is 2. The van der Waals surface area contributed by atoms with Crippen LogP contribution in [0.2, 0.25) is 0 Å². The maximum Gasteiger partial charge on any atom is 0.419 e. The lowest BCUT2D eigenvalue weighted by atomic mass is 10.0. The van der Waals surface area contributed by atoms with Gasteiger partial charge < -0.3 is 18.9 Å². The van der Waals surface area contributed by atoms with Crippen molar-refractivity contribution in [3.63, 3.8) is 0 Å². The lowest BCUT2D eigenvalue weighted by molar-refractivity contribution is -0.137. The number of benzene rings is 3. The van der Waals surface area contributed by atoms with E-state index in [1.165, 1.54) is 37.1 Å². The molecule has 9 nitrogen and oxygen atoms in total. The maximum absolute atomic E-state index is 15.5. The number of aromatic nitrogens is 1. The van der Waals surface area contributed by atoms with E-state index in [0.717, 1.165) is 10.5 Å². The molecule has 2 amide bonds. The minimum Gasteiger partial charge on any atom is -0.497 e. The number of fused-ring (bicyclic) bond motifs is 1. The zero-order valence-corrected chi connectivity index (χ0v) is 26.4. The smallest absolute Gasteiger partial charge is 0.419 e. The standard InChI is InChI=1S/C33H30BrFN2O7/c1-33(2,3)44-32(40)36-17-23(22-14-24(35)27(15-25(22)36)43-18-19-9-7-6-8-10-19)28-29(34)31(39)37(30(28)38)16-20-11-12-21(41-4)13-26(20)42-5/h6-15,17H,16,18H2,1-5H3. The molecule has 4 aromatic rings. The molecule has 0 spiro atoms. The Bertz CT molecular complexity index is 1810. The summed E-state index contributed by atoms with van der Waals surface area (Å²) in [6.45, 7) is 5.15. The van der Waals surface area contributed by atoms with Gasteiger partial charge in [-0.1, -0.05) is 30.3 Å². The van der Waals surface area contributed by atoms with Gasteiger partial charge in [0.1, 0.15) is 23.7 Å². The Kier molecular flexibility index (Phi) is 8.51. The maximum atomic E-state index is 15.5. The molecule has 0 aliphatic carbocycles. The Hall–Kier alpha value is -4.64. The summed E-state index contributed by atoms with van der Waals surface area (Å²) >= 11 is 3.30. The Labute approximate surface area is 261 Å². The molecule has 44 heavy (non-hydrogen) atoms. The first kappa shape index (κ1) is 30.8. The van der Waals surface area contributed by atoms with Crippen LogP contribution in [0.5, 0.6) is 17.2 Å². The van der Waals surface area contributed by atoms with Crippen molar-refractivity contribution in [1.82, 2.24) is 9.47 Å². The van der Waals surface area contributed by atoms with E-state index in [1.807, 2.05) is 30.3 Å². The minimum absolute atomic E-state index is 0.0212. The predicted molar refractivity (Wildman–Crippen MR) is 165 cm³/mol. The SMILES string of the molecule is COc1ccc(CN2C(=O)C(Br)=C(c3cn(C(=O)OC(C)(C)C)c4cc(OCc5ccccc5)c(F)cc34)C2=O)c(OC)c1. The number of imide groups is 1. The van der Waals surface area contributed by atoms with Crippen LogP contribution in [0.15, 0.2) is 71.3 Å². The first-order chi connectivity index (χ1) is 20.9. The highest BCUT2D eigenvalue weighted by Gasteiger charge is 2.40. The fourth-order valence-corrected chi connectivity index (χ4v) is 5.41. The van der Waals surface area contributed by atoms with Crippen LogP contribution in [0.1, 0.15) is 37.5 Å². The molecule has 0 atom stereocenters. The van der Waals surface area contributed by atoms with Crippen molar-refractivity contribution in [2.24, 2.45) is 0 Å². The first-order valence-corrected chi connectivity index (χ1v) is 14.4. The Morgan fingerprint density at radius 3 is 2.32 bits per heavy atom. The number of carbonyl (C=O) groups is 3. The average Bonchev–Trinajstić information content (AvgIpc) is 3.44. The van der Waals surface area contributed by atoms with Gasteiger partial charge in [0.15, 0.2) is 11.6 Å². The van der Waals surface area contributed by atoms with Gasteiger partial charge in [-0.15, -0.1) is 0 Å². The van der Waals surface area contributed by atoms with E-state index in [9.17, 15) is 14.4 Å². The molecular weight excluding hydrogens is 635 g/mol. The number of rotatable bonds is 8. The molecule has 2 heterocycles. The fraction of sp³-hybridized carbons (Fsp3) is 0.242. The number of ether oxygens (including phenoxy) is 4. The molecule has 0 N–H and O–H groups in total. The molecule has 0 unspecified atom stereocenters. The zero-order chi connectivity index (χ0) is 31.8. The number of amides is 2. The molecule has 0 saturated heterocycles. The van der Waals surface area contributed by atoms with E-state index in [1.54, 1.807) is 39.0 Å². The van der Waals surface area contributed by atoms with Gasteiger partial charge in [-0.2, -0.15) is 0 Å². The third-order valence-corrected chi connectivity index (χ3v) is 7.62. The molecule has 1 aromatic heterocycles. The Morgan fingerprint density at radius 1 is 0.932 bits per heavy atom. The van der Waals surface area contributed by atoms with E-state index < -0.39 is 29.3 Å². The van der Waals surface area contributed by atoms with Crippen molar-refractivity contribution in [2.75, 3.05) is 14.2 Å². The van der Waals surface area contributed by atoms with Crippen molar-refractivity contribution < 1.29 is 37.7 Å². The monoisotopic (exact) mass is 664 g/mol. The van der Waals surface area contributed by atoms with Crippen LogP contribution in [-0.2, 0) is 27.5 Å². The van der Waals surface area contributed by atoms with Gasteiger partial charge in [-0.05, 0) is 60.5 Å². The van der Waals surface area contributed by atoms with Gasteiger partial charge in [0.2, 0.25) is 0 Å². The molecular formula is C33H30BrFN2O7. The first-order valence-electron chi connectivity index (χ1n) is 13.6. The van der Waals surface area contributed by atoms with E-state index in [4.69, 9.17) is 18.9 Å². The van der Waals surface area contributed by atoms with Gasteiger partial charge in [0.05, 0.1) is 36.3 Å². The predicted octanol–water partition coefficient (Wildman–Crippen LogP) is 6.83. The normalized spacial score (nSPS) is 13.6. The third kappa shape index (κ3) is 6.05. The third-order valence-electron chi connectivity index (χ3n) is 6.89. The lowest BCUT2D eigenvalue weighted by Gasteiger charge is -2.20. The molecule has 228 valence electrons. The highest BCUT2D eigenvalue weighted by Crippen LogP contribution is 2.40. The highest BCUT2D eigenvalue weighted by molar-refractivity contribution is 9.12. The Balaban J connectivity index is 1.56. The van der Waals surface area contributed by atoms with Crippen LogP contribution in [0.25, 0.3) is 16.5 Å². The number of nitrogens with zero attached hydrogens (tertiary/aromatic N) is 2. The summed E-state index contributed by atoms with van der Waals surface area (Å²) in [5.41, 5.74) is 0.947. The second kappa shape index (κ2) is 12.2. The second-order valence-corrected chi connectivity index (χ2v) is 11.8. The van der Waals surface area contributed by atoms with Gasteiger partial charge in [0.25, 0.3) is 11.8 Å². The van der Waals surface area contributed by atoms with Crippen LogP contribution in [0, 0.1) is 5.82 Å². The van der Waals surface area contributed by atoms with Crippen molar-refractivity contribution in [1.29, 1.82) is 0 Å². The van der Waals surface area contributed by atoms with Crippen LogP contribution in [0.4, 0.5) is 9.18 Å². The summed E-state index contributed by atoms with van der Waals surface area (Å²) in [5, 5.41) is 0.220. The highest BCUT2D eigenvalue weighted by atomic mass is 79.9. The number of hydrogen-bond acceptors (Lipinski definition) is 7. The summed E-state index contributed by atoms with van der Waals surface area (Å²) in [4.78, 5) is 41.6. The molecule has 3 aromatic carbocycles. The molecule has 5 rings (SSSR count). The van der Waals surface area contributed by atoms with E-state index in [0.29, 0.717) is 17.1 Å². The summed E-state index contributed by atoms with van der Waals surface area (Å²) in [6, 6.07) is 16.9. The number of halogens is 2. The largest absolute Gasteiger partial charge is 0.497 e. The van der Waals surface area contributed by atoms with E-state index in [2.05, 4.69) is 15.9 Å². The van der Waals surface area contributed by atoms with Crippen LogP contribution in [-0.4, -0.2) is 47.2 Å². The summed E-state index contributed by atoms with van der Waals surface area (Å²) in [5.74, 6) is -1.04. The lowest BCUT2D eigenvalue weighted by Crippen LogP contribution is -2.31. The Morgan fingerprint density at radius 2 is 1.66 bits per heavy atom. The molecule has 1 aliphatic rings. The molecule has 0 fully saturated rings. The summed E-state index contributed by atoms with van der Waals surface area (Å²) < 4.78 is 38.7. The number of hydrogen-bond donors (Lipinski definition) is 0. The van der Waals surface area contributed by atoms with Crippen molar-refractivity contribution in [2.45, 2.75) is 39.5 Å². The van der Waals surface area contributed by atoms with Crippen LogP contribution >= 0.6 is 15.9 Å². The van der Waals surface area contributed by atoms with Crippen molar-refractivity contribution in [3.05, 3.63) is 93.9 Å². The van der Waals surface area contributed by atoms with Gasteiger partial charge in [-0.3, -0.25) is 19.1 Å². The molecule has 0 saturated carbocycles.